The molecule has 0 saturated carbocycles. The number of methoxy groups -OCH3 is 1. The first kappa shape index (κ1) is 16.3. The highest BCUT2D eigenvalue weighted by Gasteiger charge is 2.20. The number of nitrogens with one attached hydrogen (secondary N) is 1. The minimum atomic E-state index is -0.868. The first-order valence-corrected chi connectivity index (χ1v) is 7.08. The van der Waals surface area contributed by atoms with Crippen LogP contribution in [-0.4, -0.2) is 22.8 Å². The van der Waals surface area contributed by atoms with Gasteiger partial charge in [0.1, 0.15) is 16.8 Å². The Bertz CT molecular complexity index is 761. The van der Waals surface area contributed by atoms with Crippen LogP contribution >= 0.6 is 23.2 Å². The minimum absolute atomic E-state index is 0.0419. The topological polar surface area (TPSA) is 73.2 Å². The van der Waals surface area contributed by atoms with E-state index < -0.39 is 17.5 Å². The summed E-state index contributed by atoms with van der Waals surface area (Å²) in [5.41, 5.74) is -0.133. The molecule has 0 saturated heterocycles. The molecule has 1 atom stereocenters. The Morgan fingerprint density at radius 2 is 2.05 bits per heavy atom. The van der Waals surface area contributed by atoms with Crippen molar-refractivity contribution in [2.24, 2.45) is 0 Å². The summed E-state index contributed by atoms with van der Waals surface area (Å²) in [5.74, 6) is 0.0787. The Labute approximate surface area is 136 Å². The number of nitrogens with zero attached hydrogens (tertiary/aromatic N) is 2. The van der Waals surface area contributed by atoms with E-state index in [1.807, 2.05) is 0 Å². The van der Waals surface area contributed by atoms with Crippen molar-refractivity contribution in [2.75, 3.05) is 12.4 Å². The van der Waals surface area contributed by atoms with E-state index in [0.717, 1.165) is 4.68 Å². The number of aromatic nitrogens is 2. The second-order valence-corrected chi connectivity index (χ2v) is 5.21. The molecule has 0 bridgehead atoms. The molecule has 0 aliphatic heterocycles. The third-order valence-corrected chi connectivity index (χ3v) is 3.76. The number of benzene rings is 1. The SMILES string of the molecule is COc1ccccc1NC(=O)C(C)n1ncc(Cl)c(Cl)c1=O. The van der Waals surface area contributed by atoms with Gasteiger partial charge < -0.3 is 10.1 Å². The molecular formula is C14H13Cl2N3O3. The van der Waals surface area contributed by atoms with E-state index in [4.69, 9.17) is 27.9 Å². The molecule has 1 aromatic heterocycles. The van der Waals surface area contributed by atoms with E-state index in [1.165, 1.54) is 20.2 Å². The number of halogens is 2. The fourth-order valence-corrected chi connectivity index (χ4v) is 2.06. The number of hydrogen-bond donors (Lipinski definition) is 1. The van der Waals surface area contributed by atoms with Gasteiger partial charge in [0.25, 0.3) is 5.56 Å². The second-order valence-electron chi connectivity index (χ2n) is 4.42. The first-order chi connectivity index (χ1) is 10.5. The van der Waals surface area contributed by atoms with Crippen molar-refractivity contribution < 1.29 is 9.53 Å². The molecule has 0 spiro atoms. The number of carbonyl (C=O) groups is 1. The van der Waals surface area contributed by atoms with Gasteiger partial charge in [-0.15, -0.1) is 0 Å². The van der Waals surface area contributed by atoms with Crippen molar-refractivity contribution in [3.05, 3.63) is 50.9 Å². The second kappa shape index (κ2) is 6.81. The molecule has 0 fully saturated rings. The zero-order valence-electron chi connectivity index (χ0n) is 11.8. The summed E-state index contributed by atoms with van der Waals surface area (Å²) >= 11 is 11.5. The summed E-state index contributed by atoms with van der Waals surface area (Å²) in [6, 6.07) is 6.07. The number of para-hydroxylation sites is 2. The maximum Gasteiger partial charge on any atom is 0.287 e. The summed E-state index contributed by atoms with van der Waals surface area (Å²) in [4.78, 5) is 24.3. The van der Waals surface area contributed by atoms with Crippen molar-refractivity contribution in [1.82, 2.24) is 9.78 Å². The van der Waals surface area contributed by atoms with Crippen molar-refractivity contribution in [1.29, 1.82) is 0 Å². The predicted molar refractivity (Wildman–Crippen MR) is 84.9 cm³/mol. The summed E-state index contributed by atoms with van der Waals surface area (Å²) in [6.07, 6.45) is 1.22. The largest absolute Gasteiger partial charge is 0.495 e. The molecular weight excluding hydrogens is 329 g/mol. The summed E-state index contributed by atoms with van der Waals surface area (Å²) < 4.78 is 6.12. The van der Waals surface area contributed by atoms with Crippen molar-refractivity contribution in [3.63, 3.8) is 0 Å². The Balaban J connectivity index is 2.27. The molecule has 1 heterocycles. The lowest BCUT2D eigenvalue weighted by Gasteiger charge is -2.15. The molecule has 1 aromatic carbocycles. The van der Waals surface area contributed by atoms with E-state index in [1.54, 1.807) is 24.3 Å². The molecule has 0 aliphatic carbocycles. The molecule has 2 aromatic rings. The molecule has 2 rings (SSSR count). The van der Waals surface area contributed by atoms with Gasteiger partial charge in [-0.1, -0.05) is 35.3 Å². The zero-order valence-corrected chi connectivity index (χ0v) is 13.4. The molecule has 1 amide bonds. The van der Waals surface area contributed by atoms with Gasteiger partial charge in [-0.3, -0.25) is 9.59 Å². The van der Waals surface area contributed by atoms with E-state index in [-0.39, 0.29) is 10.0 Å². The molecule has 1 N–H and O–H groups in total. The highest BCUT2D eigenvalue weighted by atomic mass is 35.5. The van der Waals surface area contributed by atoms with Gasteiger partial charge >= 0.3 is 0 Å². The summed E-state index contributed by atoms with van der Waals surface area (Å²) in [6.45, 7) is 1.53. The van der Waals surface area contributed by atoms with Crippen LogP contribution in [0.15, 0.2) is 35.3 Å². The lowest BCUT2D eigenvalue weighted by molar-refractivity contribution is -0.119. The number of rotatable bonds is 4. The van der Waals surface area contributed by atoms with Crippen LogP contribution in [0.1, 0.15) is 13.0 Å². The number of ether oxygens (including phenoxy) is 1. The normalized spacial score (nSPS) is 11.8. The lowest BCUT2D eigenvalue weighted by Crippen LogP contribution is -2.33. The summed E-state index contributed by atoms with van der Waals surface area (Å²) in [5, 5.41) is 6.39. The monoisotopic (exact) mass is 341 g/mol. The maximum atomic E-state index is 12.3. The fourth-order valence-electron chi connectivity index (χ4n) is 1.80. The third-order valence-electron chi connectivity index (χ3n) is 3.01. The fraction of sp³-hybridized carbons (Fsp3) is 0.214. The van der Waals surface area contributed by atoms with Crippen LogP contribution in [0.5, 0.6) is 5.75 Å². The van der Waals surface area contributed by atoms with E-state index in [0.29, 0.717) is 11.4 Å². The van der Waals surface area contributed by atoms with Crippen LogP contribution in [0, 0.1) is 0 Å². The van der Waals surface area contributed by atoms with E-state index in [2.05, 4.69) is 10.4 Å². The minimum Gasteiger partial charge on any atom is -0.495 e. The highest BCUT2D eigenvalue weighted by Crippen LogP contribution is 2.24. The number of amides is 1. The van der Waals surface area contributed by atoms with Gasteiger partial charge in [0.2, 0.25) is 5.91 Å². The van der Waals surface area contributed by atoms with Crippen molar-refractivity contribution in [2.45, 2.75) is 13.0 Å². The molecule has 1 unspecified atom stereocenters. The average Bonchev–Trinajstić information content (AvgIpc) is 2.52. The Morgan fingerprint density at radius 1 is 1.36 bits per heavy atom. The number of carbonyl (C=O) groups excluding carboxylic acids is 1. The predicted octanol–water partition coefficient (Wildman–Crippen LogP) is 2.76. The standard InChI is InChI=1S/C14H13Cl2N3O3/c1-8(19-14(21)12(16)9(15)7-17-19)13(20)18-10-5-3-4-6-11(10)22-2/h3-8H,1-2H3,(H,18,20). The van der Waals surface area contributed by atoms with Gasteiger partial charge in [-0.05, 0) is 19.1 Å². The van der Waals surface area contributed by atoms with Crippen molar-refractivity contribution in [3.8, 4) is 5.75 Å². The quantitative estimate of drug-likeness (QED) is 0.927. The lowest BCUT2D eigenvalue weighted by atomic mass is 10.2. The van der Waals surface area contributed by atoms with Crippen molar-refractivity contribution >= 4 is 34.8 Å². The molecule has 8 heteroatoms. The summed E-state index contributed by atoms with van der Waals surface area (Å²) in [7, 11) is 1.50. The third kappa shape index (κ3) is 3.23. The Hall–Kier alpha value is -2.05. The average molecular weight is 342 g/mol. The maximum absolute atomic E-state index is 12.3. The Kier molecular flexibility index (Phi) is 5.05. The number of anilines is 1. The highest BCUT2D eigenvalue weighted by molar-refractivity contribution is 6.41. The van der Waals surface area contributed by atoms with Crippen LogP contribution < -0.4 is 15.6 Å². The zero-order chi connectivity index (χ0) is 16.3. The molecule has 0 aliphatic rings. The van der Waals surface area contributed by atoms with Gasteiger partial charge in [-0.2, -0.15) is 5.10 Å². The van der Waals surface area contributed by atoms with Gasteiger partial charge in [-0.25, -0.2) is 4.68 Å². The van der Waals surface area contributed by atoms with Crippen LogP contribution in [0.25, 0.3) is 0 Å². The molecule has 6 nitrogen and oxygen atoms in total. The molecule has 22 heavy (non-hydrogen) atoms. The van der Waals surface area contributed by atoms with Crippen LogP contribution in [0.3, 0.4) is 0 Å². The van der Waals surface area contributed by atoms with Crippen LogP contribution in [0.2, 0.25) is 10.0 Å². The number of hydrogen-bond acceptors (Lipinski definition) is 4. The first-order valence-electron chi connectivity index (χ1n) is 6.32. The smallest absolute Gasteiger partial charge is 0.287 e. The van der Waals surface area contributed by atoms with E-state index in [9.17, 15) is 9.59 Å². The van der Waals surface area contributed by atoms with Gasteiger partial charge in [0.05, 0.1) is 24.0 Å². The van der Waals surface area contributed by atoms with Gasteiger partial charge in [0, 0.05) is 0 Å². The molecule has 0 radical (unpaired) electrons. The van der Waals surface area contributed by atoms with Crippen LogP contribution in [-0.2, 0) is 4.79 Å². The van der Waals surface area contributed by atoms with E-state index >= 15 is 0 Å². The molecule has 116 valence electrons. The van der Waals surface area contributed by atoms with Crippen LogP contribution in [0.4, 0.5) is 5.69 Å². The Morgan fingerprint density at radius 3 is 2.73 bits per heavy atom. The van der Waals surface area contributed by atoms with Gasteiger partial charge in [0.15, 0.2) is 0 Å².